The fourth-order valence-electron chi connectivity index (χ4n) is 1.63. The number of carboxylic acid groups (broad SMARTS) is 1. The molecule has 1 fully saturated rings. The lowest BCUT2D eigenvalue weighted by Crippen LogP contribution is -2.48. The molecule has 6 heteroatoms. The topological polar surface area (TPSA) is 95.5 Å². The Bertz CT molecular complexity index is 303. The smallest absolute Gasteiger partial charge is 0.326 e. The van der Waals surface area contributed by atoms with E-state index in [-0.39, 0.29) is 5.91 Å². The quantitative estimate of drug-likeness (QED) is 0.598. The summed E-state index contributed by atoms with van der Waals surface area (Å²) >= 11 is 0. The standard InChI is InChI=1S/C10H16N2O4/c1-2-3-7(10(15)16)12-9(14)6-4-5-8(13)11-6/h6-7H,2-5H2,1H3,(H,11,13)(H,12,14)(H,15,16)/t6-,7-/m0/s1. The number of nitrogens with one attached hydrogen (secondary N) is 2. The van der Waals surface area contributed by atoms with Crippen LogP contribution in [0.15, 0.2) is 0 Å². The average Bonchev–Trinajstić information content (AvgIpc) is 2.64. The van der Waals surface area contributed by atoms with Gasteiger partial charge in [-0.2, -0.15) is 0 Å². The Labute approximate surface area is 93.4 Å². The summed E-state index contributed by atoms with van der Waals surface area (Å²) in [7, 11) is 0. The highest BCUT2D eigenvalue weighted by molar-refractivity contribution is 5.92. The highest BCUT2D eigenvalue weighted by atomic mass is 16.4. The van der Waals surface area contributed by atoms with Crippen molar-refractivity contribution in [2.75, 3.05) is 0 Å². The van der Waals surface area contributed by atoms with Gasteiger partial charge < -0.3 is 15.7 Å². The van der Waals surface area contributed by atoms with E-state index in [0.29, 0.717) is 25.7 Å². The van der Waals surface area contributed by atoms with Gasteiger partial charge in [0.25, 0.3) is 0 Å². The minimum atomic E-state index is -1.04. The third-order valence-electron chi connectivity index (χ3n) is 2.50. The molecule has 16 heavy (non-hydrogen) atoms. The Kier molecular flexibility index (Phi) is 4.28. The van der Waals surface area contributed by atoms with Crippen LogP contribution in [0, 0.1) is 0 Å². The number of hydrogen-bond acceptors (Lipinski definition) is 3. The highest BCUT2D eigenvalue weighted by Gasteiger charge is 2.29. The largest absolute Gasteiger partial charge is 0.480 e. The second kappa shape index (κ2) is 5.48. The minimum absolute atomic E-state index is 0.164. The van der Waals surface area contributed by atoms with Crippen molar-refractivity contribution in [2.24, 2.45) is 0 Å². The summed E-state index contributed by atoms with van der Waals surface area (Å²) in [6.07, 6.45) is 1.82. The van der Waals surface area contributed by atoms with Crippen LogP contribution in [-0.2, 0) is 14.4 Å². The molecule has 0 aromatic rings. The summed E-state index contributed by atoms with van der Waals surface area (Å²) in [5.74, 6) is -1.62. The highest BCUT2D eigenvalue weighted by Crippen LogP contribution is 2.07. The Balaban J connectivity index is 2.48. The molecular formula is C10H16N2O4. The monoisotopic (exact) mass is 228 g/mol. The first-order chi connectivity index (χ1) is 7.54. The van der Waals surface area contributed by atoms with Crippen molar-refractivity contribution in [1.82, 2.24) is 10.6 Å². The molecule has 3 N–H and O–H groups in total. The Morgan fingerprint density at radius 1 is 1.62 bits per heavy atom. The van der Waals surface area contributed by atoms with Gasteiger partial charge >= 0.3 is 5.97 Å². The van der Waals surface area contributed by atoms with Gasteiger partial charge in [-0.25, -0.2) is 4.79 Å². The van der Waals surface area contributed by atoms with Crippen molar-refractivity contribution >= 4 is 17.8 Å². The molecule has 0 aromatic carbocycles. The van der Waals surface area contributed by atoms with Gasteiger partial charge in [-0.1, -0.05) is 13.3 Å². The molecule has 0 aromatic heterocycles. The molecule has 0 radical (unpaired) electrons. The molecule has 1 aliphatic heterocycles. The van der Waals surface area contributed by atoms with Crippen LogP contribution in [0.25, 0.3) is 0 Å². The summed E-state index contributed by atoms with van der Waals surface area (Å²) in [4.78, 5) is 33.3. The maximum absolute atomic E-state index is 11.6. The van der Waals surface area contributed by atoms with Gasteiger partial charge in [0.1, 0.15) is 12.1 Å². The van der Waals surface area contributed by atoms with E-state index in [9.17, 15) is 14.4 Å². The zero-order valence-electron chi connectivity index (χ0n) is 9.16. The number of amides is 2. The van der Waals surface area contributed by atoms with Crippen LogP contribution in [0.1, 0.15) is 32.6 Å². The Morgan fingerprint density at radius 3 is 2.75 bits per heavy atom. The molecule has 0 saturated carbocycles. The van der Waals surface area contributed by atoms with Crippen LogP contribution in [0.4, 0.5) is 0 Å². The summed E-state index contributed by atoms with van der Waals surface area (Å²) in [6, 6.07) is -1.44. The van der Waals surface area contributed by atoms with Gasteiger partial charge in [-0.15, -0.1) is 0 Å². The van der Waals surface area contributed by atoms with E-state index in [0.717, 1.165) is 0 Å². The molecule has 2 atom stereocenters. The molecular weight excluding hydrogens is 212 g/mol. The maximum atomic E-state index is 11.6. The van der Waals surface area contributed by atoms with Crippen molar-refractivity contribution in [1.29, 1.82) is 0 Å². The number of carboxylic acids is 1. The predicted molar refractivity (Wildman–Crippen MR) is 55.6 cm³/mol. The maximum Gasteiger partial charge on any atom is 0.326 e. The molecule has 0 aliphatic carbocycles. The first-order valence-corrected chi connectivity index (χ1v) is 5.37. The zero-order valence-corrected chi connectivity index (χ0v) is 9.16. The van der Waals surface area contributed by atoms with Crippen molar-refractivity contribution in [2.45, 2.75) is 44.7 Å². The Morgan fingerprint density at radius 2 is 2.31 bits per heavy atom. The van der Waals surface area contributed by atoms with Gasteiger partial charge in [0.05, 0.1) is 0 Å². The van der Waals surface area contributed by atoms with E-state index in [4.69, 9.17) is 5.11 Å². The van der Waals surface area contributed by atoms with E-state index in [2.05, 4.69) is 10.6 Å². The number of carbonyl (C=O) groups is 3. The van der Waals surface area contributed by atoms with Crippen LogP contribution < -0.4 is 10.6 Å². The molecule has 90 valence electrons. The number of rotatable bonds is 5. The van der Waals surface area contributed by atoms with Gasteiger partial charge in [0.15, 0.2) is 0 Å². The fourth-order valence-corrected chi connectivity index (χ4v) is 1.63. The van der Waals surface area contributed by atoms with E-state index < -0.39 is 24.0 Å². The molecule has 0 spiro atoms. The Hall–Kier alpha value is -1.59. The van der Waals surface area contributed by atoms with E-state index in [1.807, 2.05) is 6.92 Å². The molecule has 1 aliphatic rings. The summed E-state index contributed by atoms with van der Waals surface area (Å²) in [5, 5.41) is 13.8. The van der Waals surface area contributed by atoms with Crippen LogP contribution in [0.2, 0.25) is 0 Å². The average molecular weight is 228 g/mol. The van der Waals surface area contributed by atoms with Crippen LogP contribution in [0.5, 0.6) is 0 Å². The molecule has 6 nitrogen and oxygen atoms in total. The summed E-state index contributed by atoms with van der Waals surface area (Å²) in [5.41, 5.74) is 0. The molecule has 1 heterocycles. The summed E-state index contributed by atoms with van der Waals surface area (Å²) < 4.78 is 0. The summed E-state index contributed by atoms with van der Waals surface area (Å²) in [6.45, 7) is 1.85. The van der Waals surface area contributed by atoms with Crippen molar-refractivity contribution in [3.63, 3.8) is 0 Å². The van der Waals surface area contributed by atoms with Gasteiger partial charge in [-0.05, 0) is 12.8 Å². The van der Waals surface area contributed by atoms with Gasteiger partial charge in [-0.3, -0.25) is 9.59 Å². The number of carbonyl (C=O) groups excluding carboxylic acids is 2. The van der Waals surface area contributed by atoms with Gasteiger partial charge in [0, 0.05) is 6.42 Å². The normalized spacial score (nSPS) is 21.3. The second-order valence-corrected chi connectivity index (χ2v) is 3.85. The molecule has 1 rings (SSSR count). The molecule has 2 amide bonds. The number of aliphatic carboxylic acids is 1. The second-order valence-electron chi connectivity index (χ2n) is 3.85. The SMILES string of the molecule is CCC[C@H](NC(=O)[C@@H]1CCC(=O)N1)C(=O)O. The van der Waals surface area contributed by atoms with E-state index in [1.54, 1.807) is 0 Å². The van der Waals surface area contributed by atoms with Crippen LogP contribution >= 0.6 is 0 Å². The third kappa shape index (κ3) is 3.22. The zero-order chi connectivity index (χ0) is 12.1. The molecule has 1 saturated heterocycles. The van der Waals surface area contributed by atoms with Crippen molar-refractivity contribution < 1.29 is 19.5 Å². The van der Waals surface area contributed by atoms with Crippen LogP contribution in [-0.4, -0.2) is 35.0 Å². The lowest BCUT2D eigenvalue weighted by atomic mass is 10.1. The predicted octanol–water partition coefficient (Wildman–Crippen LogP) is -0.365. The van der Waals surface area contributed by atoms with Gasteiger partial charge in [0.2, 0.25) is 11.8 Å². The van der Waals surface area contributed by atoms with Crippen molar-refractivity contribution in [3.05, 3.63) is 0 Å². The first kappa shape index (κ1) is 12.5. The fraction of sp³-hybridized carbons (Fsp3) is 0.700. The molecule has 0 unspecified atom stereocenters. The first-order valence-electron chi connectivity index (χ1n) is 5.37. The number of hydrogen-bond donors (Lipinski definition) is 3. The molecule has 0 bridgehead atoms. The van der Waals surface area contributed by atoms with Crippen molar-refractivity contribution in [3.8, 4) is 0 Å². The minimum Gasteiger partial charge on any atom is -0.480 e. The van der Waals surface area contributed by atoms with Crippen LogP contribution in [0.3, 0.4) is 0 Å². The lowest BCUT2D eigenvalue weighted by Gasteiger charge is -2.16. The van der Waals surface area contributed by atoms with E-state index >= 15 is 0 Å². The van der Waals surface area contributed by atoms with E-state index in [1.165, 1.54) is 0 Å². The lowest BCUT2D eigenvalue weighted by molar-refractivity contribution is -0.142. The third-order valence-corrected chi connectivity index (χ3v) is 2.50.